The molecule has 0 saturated heterocycles. The van der Waals surface area contributed by atoms with Crippen LogP contribution in [0.25, 0.3) is 6.08 Å². The predicted octanol–water partition coefficient (Wildman–Crippen LogP) is 5.45. The molecule has 0 aliphatic heterocycles. The number of rotatable bonds is 4. The second-order valence-electron chi connectivity index (χ2n) is 4.12. The van der Waals surface area contributed by atoms with Crippen LogP contribution in [0, 0.1) is 0 Å². The number of carbonyl (C=O) groups excluding carboxylic acids is 1. The Balaban J connectivity index is 2.06. The molecule has 0 unspecified atom stereocenters. The Morgan fingerprint density at radius 1 is 0.950 bits per heavy atom. The molecule has 3 heteroatoms. The van der Waals surface area contributed by atoms with Gasteiger partial charge in [-0.25, -0.2) is 0 Å². The predicted molar refractivity (Wildman–Crippen MR) is 85.4 cm³/mol. The lowest BCUT2D eigenvalue weighted by atomic mass is 10.1. The van der Waals surface area contributed by atoms with E-state index in [1.165, 1.54) is 6.08 Å². The van der Waals surface area contributed by atoms with E-state index in [-0.39, 0.29) is 5.78 Å². The summed E-state index contributed by atoms with van der Waals surface area (Å²) >= 11 is 11.8. The molecule has 0 spiro atoms. The maximum Gasteiger partial charge on any atom is 0.187 e. The summed E-state index contributed by atoms with van der Waals surface area (Å²) in [6.07, 6.45) is 6.89. The minimum absolute atomic E-state index is 0.171. The molecule has 0 bridgehead atoms. The van der Waals surface area contributed by atoms with E-state index in [4.69, 9.17) is 23.2 Å². The smallest absolute Gasteiger partial charge is 0.187 e. The second kappa shape index (κ2) is 7.09. The van der Waals surface area contributed by atoms with Crippen molar-refractivity contribution in [3.63, 3.8) is 0 Å². The van der Waals surface area contributed by atoms with Crippen LogP contribution in [0.2, 0.25) is 10.0 Å². The molecule has 0 aromatic heterocycles. The average molecular weight is 303 g/mol. The molecule has 20 heavy (non-hydrogen) atoms. The summed E-state index contributed by atoms with van der Waals surface area (Å²) in [4.78, 5) is 12.0. The highest BCUT2D eigenvalue weighted by Gasteiger charge is 2.07. The molecule has 0 heterocycles. The summed E-state index contributed by atoms with van der Waals surface area (Å²) in [6.45, 7) is 0. The van der Waals surface area contributed by atoms with Crippen LogP contribution in [0.5, 0.6) is 0 Å². The lowest BCUT2D eigenvalue weighted by molar-refractivity contribution is 0.104. The van der Waals surface area contributed by atoms with E-state index in [1.54, 1.807) is 24.3 Å². The van der Waals surface area contributed by atoms with E-state index in [2.05, 4.69) is 0 Å². The van der Waals surface area contributed by atoms with Gasteiger partial charge >= 0.3 is 0 Å². The Morgan fingerprint density at radius 2 is 1.70 bits per heavy atom. The fraction of sp³-hybridized carbons (Fsp3) is 0. The Labute approximate surface area is 128 Å². The van der Waals surface area contributed by atoms with Gasteiger partial charge in [0, 0.05) is 10.6 Å². The van der Waals surface area contributed by atoms with Crippen molar-refractivity contribution in [2.75, 3.05) is 0 Å². The minimum atomic E-state index is -0.171. The molecule has 0 aliphatic carbocycles. The van der Waals surface area contributed by atoms with Crippen molar-refractivity contribution in [1.82, 2.24) is 0 Å². The van der Waals surface area contributed by atoms with Crippen molar-refractivity contribution in [3.05, 3.63) is 87.9 Å². The SMILES string of the molecule is O=C(/C=C/C=C/c1ccccc1)c1cc(Cl)ccc1Cl. The van der Waals surface area contributed by atoms with E-state index in [1.807, 2.05) is 42.5 Å². The first-order valence-corrected chi connectivity index (χ1v) is 6.81. The van der Waals surface area contributed by atoms with E-state index in [9.17, 15) is 4.79 Å². The number of benzene rings is 2. The largest absolute Gasteiger partial charge is 0.289 e. The third-order valence-electron chi connectivity index (χ3n) is 2.64. The van der Waals surface area contributed by atoms with E-state index >= 15 is 0 Å². The lowest BCUT2D eigenvalue weighted by Gasteiger charge is -1.99. The van der Waals surface area contributed by atoms with Crippen LogP contribution >= 0.6 is 23.2 Å². The standard InChI is InChI=1S/C17H12Cl2O/c18-14-10-11-16(19)15(12-14)17(20)9-5-4-8-13-6-2-1-3-7-13/h1-12H/b8-4+,9-5+. The number of halogens is 2. The van der Waals surface area contributed by atoms with Crippen LogP contribution in [-0.4, -0.2) is 5.78 Å². The van der Waals surface area contributed by atoms with Crippen LogP contribution < -0.4 is 0 Å². The van der Waals surface area contributed by atoms with Crippen molar-refractivity contribution in [3.8, 4) is 0 Å². The third kappa shape index (κ3) is 4.09. The first-order valence-electron chi connectivity index (χ1n) is 6.06. The fourth-order valence-electron chi connectivity index (χ4n) is 1.65. The Hall–Kier alpha value is -1.83. The van der Waals surface area contributed by atoms with Crippen LogP contribution in [0.3, 0.4) is 0 Å². The molecule has 2 rings (SSSR count). The Bertz CT molecular complexity index is 658. The summed E-state index contributed by atoms with van der Waals surface area (Å²) in [5.41, 5.74) is 1.48. The van der Waals surface area contributed by atoms with Gasteiger partial charge in [0.15, 0.2) is 5.78 Å². The van der Waals surface area contributed by atoms with Crippen molar-refractivity contribution < 1.29 is 4.79 Å². The van der Waals surface area contributed by atoms with Crippen LogP contribution in [0.4, 0.5) is 0 Å². The molecule has 0 fully saturated rings. The molecule has 0 aliphatic rings. The molecule has 0 N–H and O–H groups in total. The molecule has 1 nitrogen and oxygen atoms in total. The zero-order valence-corrected chi connectivity index (χ0v) is 12.1. The number of allylic oxidation sites excluding steroid dienone is 3. The first-order chi connectivity index (χ1) is 9.66. The highest BCUT2D eigenvalue weighted by atomic mass is 35.5. The van der Waals surface area contributed by atoms with E-state index in [0.717, 1.165) is 5.56 Å². The van der Waals surface area contributed by atoms with Crippen LogP contribution in [-0.2, 0) is 0 Å². The van der Waals surface area contributed by atoms with E-state index < -0.39 is 0 Å². The van der Waals surface area contributed by atoms with Gasteiger partial charge in [0.1, 0.15) is 0 Å². The van der Waals surface area contributed by atoms with Gasteiger partial charge in [0.25, 0.3) is 0 Å². The molecule has 0 saturated carbocycles. The maximum atomic E-state index is 12.0. The van der Waals surface area contributed by atoms with Crippen LogP contribution in [0.1, 0.15) is 15.9 Å². The number of hydrogen-bond acceptors (Lipinski definition) is 1. The highest BCUT2D eigenvalue weighted by molar-refractivity contribution is 6.36. The molecule has 0 atom stereocenters. The van der Waals surface area contributed by atoms with Crippen molar-refractivity contribution in [2.24, 2.45) is 0 Å². The van der Waals surface area contributed by atoms with Gasteiger partial charge in [0.2, 0.25) is 0 Å². The Morgan fingerprint density at radius 3 is 2.45 bits per heavy atom. The number of ketones is 1. The molecule has 0 radical (unpaired) electrons. The Kier molecular flexibility index (Phi) is 5.16. The first kappa shape index (κ1) is 14.6. The van der Waals surface area contributed by atoms with Gasteiger partial charge in [-0.3, -0.25) is 4.79 Å². The topological polar surface area (TPSA) is 17.1 Å². The van der Waals surface area contributed by atoms with E-state index in [0.29, 0.717) is 15.6 Å². The molecule has 0 amide bonds. The summed E-state index contributed by atoms with van der Waals surface area (Å²) in [7, 11) is 0. The summed E-state index contributed by atoms with van der Waals surface area (Å²) < 4.78 is 0. The van der Waals surface area contributed by atoms with Crippen molar-refractivity contribution in [1.29, 1.82) is 0 Å². The van der Waals surface area contributed by atoms with Crippen LogP contribution in [0.15, 0.2) is 66.8 Å². The van der Waals surface area contributed by atoms with Gasteiger partial charge in [-0.2, -0.15) is 0 Å². The molecular formula is C17H12Cl2O. The van der Waals surface area contributed by atoms with Crippen molar-refractivity contribution >= 4 is 35.1 Å². The van der Waals surface area contributed by atoms with Gasteiger partial charge in [-0.05, 0) is 29.8 Å². The average Bonchev–Trinajstić information content (AvgIpc) is 2.47. The highest BCUT2D eigenvalue weighted by Crippen LogP contribution is 2.21. The molecule has 2 aromatic rings. The second-order valence-corrected chi connectivity index (χ2v) is 4.96. The quantitative estimate of drug-likeness (QED) is 0.417. The zero-order chi connectivity index (χ0) is 14.4. The summed E-state index contributed by atoms with van der Waals surface area (Å²) in [5.74, 6) is -0.171. The number of carbonyl (C=O) groups is 1. The van der Waals surface area contributed by atoms with Gasteiger partial charge in [0.05, 0.1) is 5.02 Å². The summed E-state index contributed by atoms with van der Waals surface area (Å²) in [5, 5.41) is 0.891. The van der Waals surface area contributed by atoms with Gasteiger partial charge in [-0.15, -0.1) is 0 Å². The zero-order valence-electron chi connectivity index (χ0n) is 10.6. The monoisotopic (exact) mass is 302 g/mol. The molecule has 2 aromatic carbocycles. The van der Waals surface area contributed by atoms with Gasteiger partial charge in [-0.1, -0.05) is 71.8 Å². The van der Waals surface area contributed by atoms with Crippen molar-refractivity contribution in [2.45, 2.75) is 0 Å². The summed E-state index contributed by atoms with van der Waals surface area (Å²) in [6, 6.07) is 14.7. The normalized spacial score (nSPS) is 11.3. The fourth-order valence-corrected chi connectivity index (χ4v) is 2.03. The number of hydrogen-bond donors (Lipinski definition) is 0. The molecular weight excluding hydrogens is 291 g/mol. The molecule has 100 valence electrons. The lowest BCUT2D eigenvalue weighted by Crippen LogP contribution is -1.95. The minimum Gasteiger partial charge on any atom is -0.289 e. The third-order valence-corrected chi connectivity index (χ3v) is 3.21. The van der Waals surface area contributed by atoms with Gasteiger partial charge < -0.3 is 0 Å². The maximum absolute atomic E-state index is 12.0.